The van der Waals surface area contributed by atoms with E-state index in [1.165, 1.54) is 5.92 Å². The molecule has 1 aliphatic rings. The summed E-state index contributed by atoms with van der Waals surface area (Å²) in [5.74, 6) is 0.589. The Hall–Kier alpha value is -0.790. The summed E-state index contributed by atoms with van der Waals surface area (Å²) in [4.78, 5) is 10.9. The topological polar surface area (TPSA) is 37.3 Å². The van der Waals surface area contributed by atoms with Crippen LogP contribution in [-0.4, -0.2) is 11.1 Å². The van der Waals surface area contributed by atoms with Crippen molar-refractivity contribution in [2.75, 3.05) is 0 Å². The van der Waals surface area contributed by atoms with Gasteiger partial charge in [-0.1, -0.05) is 19.4 Å². The molecule has 0 heterocycles. The van der Waals surface area contributed by atoms with Gasteiger partial charge in [0.2, 0.25) is 0 Å². The molecular formula is C11H17O2. The standard InChI is InChI=1S/C11H17O2/c1-8(2)7-9-5-3-4-6-10(9)11(12)13/h3-7H2,1-2H3,(H,12,13). The van der Waals surface area contributed by atoms with E-state index in [2.05, 4.69) is 13.8 Å². The van der Waals surface area contributed by atoms with E-state index in [0.717, 1.165) is 37.7 Å². The third-order valence-electron chi connectivity index (χ3n) is 2.41. The van der Waals surface area contributed by atoms with Crippen LogP contribution in [0.4, 0.5) is 0 Å². The van der Waals surface area contributed by atoms with Gasteiger partial charge in [-0.05, 0) is 38.0 Å². The highest BCUT2D eigenvalue weighted by Crippen LogP contribution is 2.29. The Morgan fingerprint density at radius 2 is 1.92 bits per heavy atom. The van der Waals surface area contributed by atoms with Gasteiger partial charge in [-0.15, -0.1) is 0 Å². The summed E-state index contributed by atoms with van der Waals surface area (Å²) in [6, 6.07) is 0. The van der Waals surface area contributed by atoms with Crippen molar-refractivity contribution in [3.63, 3.8) is 0 Å². The van der Waals surface area contributed by atoms with Crippen LogP contribution in [0.3, 0.4) is 0 Å². The highest BCUT2D eigenvalue weighted by atomic mass is 16.4. The van der Waals surface area contributed by atoms with Gasteiger partial charge in [0.05, 0.1) is 0 Å². The van der Waals surface area contributed by atoms with Crippen LogP contribution in [0.5, 0.6) is 0 Å². The maximum Gasteiger partial charge on any atom is 0.331 e. The van der Waals surface area contributed by atoms with Crippen molar-refractivity contribution in [2.45, 2.75) is 46.0 Å². The molecule has 0 atom stereocenters. The van der Waals surface area contributed by atoms with Crippen molar-refractivity contribution in [1.29, 1.82) is 0 Å². The van der Waals surface area contributed by atoms with Crippen LogP contribution in [0.25, 0.3) is 0 Å². The van der Waals surface area contributed by atoms with Crippen LogP contribution in [0.1, 0.15) is 46.0 Å². The molecule has 73 valence electrons. The fraction of sp³-hybridized carbons (Fsp3) is 0.636. The lowest BCUT2D eigenvalue weighted by atomic mass is 9.87. The molecule has 1 aliphatic carbocycles. The van der Waals surface area contributed by atoms with Crippen molar-refractivity contribution in [2.24, 2.45) is 0 Å². The second-order valence-electron chi connectivity index (χ2n) is 3.98. The molecule has 0 unspecified atom stereocenters. The molecule has 0 fully saturated rings. The lowest BCUT2D eigenvalue weighted by Gasteiger charge is -2.18. The number of carbonyl (C=O) groups is 1. The minimum absolute atomic E-state index is 0.674. The average molecular weight is 181 g/mol. The van der Waals surface area contributed by atoms with Gasteiger partial charge in [-0.3, -0.25) is 0 Å². The summed E-state index contributed by atoms with van der Waals surface area (Å²) < 4.78 is 0. The van der Waals surface area contributed by atoms with Crippen molar-refractivity contribution in [3.8, 4) is 0 Å². The molecule has 0 aromatic carbocycles. The SMILES string of the molecule is C[C](C)CC1=C(C(=O)O)CCCC1. The smallest absolute Gasteiger partial charge is 0.331 e. The molecule has 0 aromatic heterocycles. The summed E-state index contributed by atoms with van der Waals surface area (Å²) >= 11 is 0. The summed E-state index contributed by atoms with van der Waals surface area (Å²) in [5.41, 5.74) is 1.83. The van der Waals surface area contributed by atoms with E-state index in [4.69, 9.17) is 5.11 Å². The highest BCUT2D eigenvalue weighted by Gasteiger charge is 2.18. The van der Waals surface area contributed by atoms with Crippen molar-refractivity contribution < 1.29 is 9.90 Å². The van der Waals surface area contributed by atoms with Crippen LogP contribution in [0.15, 0.2) is 11.1 Å². The summed E-state index contributed by atoms with van der Waals surface area (Å²) in [7, 11) is 0. The maximum atomic E-state index is 10.9. The number of hydrogen-bond donors (Lipinski definition) is 1. The number of hydrogen-bond acceptors (Lipinski definition) is 1. The first kappa shape index (κ1) is 10.3. The molecule has 0 amide bonds. The van der Waals surface area contributed by atoms with Crippen molar-refractivity contribution in [3.05, 3.63) is 17.1 Å². The first-order valence-corrected chi connectivity index (χ1v) is 4.84. The molecule has 0 saturated carbocycles. The normalized spacial score (nSPS) is 18.1. The summed E-state index contributed by atoms with van der Waals surface area (Å²) in [5, 5.41) is 8.95. The van der Waals surface area contributed by atoms with Gasteiger partial charge in [0, 0.05) is 5.57 Å². The van der Waals surface area contributed by atoms with Crippen LogP contribution < -0.4 is 0 Å². The Morgan fingerprint density at radius 1 is 1.31 bits per heavy atom. The molecule has 1 rings (SSSR count). The molecule has 0 aromatic rings. The third-order valence-corrected chi connectivity index (χ3v) is 2.41. The molecular weight excluding hydrogens is 164 g/mol. The molecule has 2 nitrogen and oxygen atoms in total. The zero-order valence-electron chi connectivity index (χ0n) is 8.39. The van der Waals surface area contributed by atoms with Gasteiger partial charge in [0.25, 0.3) is 0 Å². The lowest BCUT2D eigenvalue weighted by molar-refractivity contribution is -0.133. The maximum absolute atomic E-state index is 10.9. The molecule has 1 N–H and O–H groups in total. The van der Waals surface area contributed by atoms with E-state index >= 15 is 0 Å². The zero-order valence-corrected chi connectivity index (χ0v) is 8.39. The minimum Gasteiger partial charge on any atom is -0.478 e. The van der Waals surface area contributed by atoms with Crippen LogP contribution in [-0.2, 0) is 4.79 Å². The molecule has 13 heavy (non-hydrogen) atoms. The minimum atomic E-state index is -0.712. The van der Waals surface area contributed by atoms with Crippen LogP contribution >= 0.6 is 0 Å². The van der Waals surface area contributed by atoms with Gasteiger partial charge >= 0.3 is 5.97 Å². The largest absolute Gasteiger partial charge is 0.478 e. The van der Waals surface area contributed by atoms with E-state index in [1.807, 2.05) is 0 Å². The molecule has 1 radical (unpaired) electrons. The third kappa shape index (κ3) is 2.87. The Kier molecular flexibility index (Phi) is 3.52. The Labute approximate surface area is 79.6 Å². The van der Waals surface area contributed by atoms with Gasteiger partial charge in [-0.25, -0.2) is 4.79 Å². The molecule has 0 aliphatic heterocycles. The predicted octanol–water partition coefficient (Wildman–Crippen LogP) is 2.95. The summed E-state index contributed by atoms with van der Waals surface area (Å²) in [6.07, 6.45) is 4.81. The van der Waals surface area contributed by atoms with Crippen LogP contribution in [0.2, 0.25) is 0 Å². The molecule has 2 heteroatoms. The second-order valence-corrected chi connectivity index (χ2v) is 3.98. The first-order chi connectivity index (χ1) is 6.11. The number of allylic oxidation sites excluding steroid dienone is 1. The number of aliphatic carboxylic acids is 1. The Balaban J connectivity index is 2.77. The van der Waals surface area contributed by atoms with Gasteiger partial charge in [0.15, 0.2) is 0 Å². The predicted molar refractivity (Wildman–Crippen MR) is 52.3 cm³/mol. The molecule has 0 spiro atoms. The van der Waals surface area contributed by atoms with Gasteiger partial charge < -0.3 is 5.11 Å². The van der Waals surface area contributed by atoms with Crippen molar-refractivity contribution >= 4 is 5.97 Å². The van der Waals surface area contributed by atoms with Crippen LogP contribution in [0, 0.1) is 5.92 Å². The quantitative estimate of drug-likeness (QED) is 0.726. The van der Waals surface area contributed by atoms with E-state index in [0.29, 0.717) is 5.57 Å². The first-order valence-electron chi connectivity index (χ1n) is 4.84. The fourth-order valence-corrected chi connectivity index (χ4v) is 1.85. The number of carboxylic acid groups (broad SMARTS) is 1. The van der Waals surface area contributed by atoms with Gasteiger partial charge in [-0.2, -0.15) is 0 Å². The van der Waals surface area contributed by atoms with E-state index in [1.54, 1.807) is 0 Å². The zero-order chi connectivity index (χ0) is 9.84. The monoisotopic (exact) mass is 181 g/mol. The Bertz CT molecular complexity index is 226. The number of rotatable bonds is 3. The molecule has 0 saturated heterocycles. The Morgan fingerprint density at radius 3 is 2.46 bits per heavy atom. The van der Waals surface area contributed by atoms with E-state index in [-0.39, 0.29) is 0 Å². The van der Waals surface area contributed by atoms with E-state index < -0.39 is 5.97 Å². The summed E-state index contributed by atoms with van der Waals surface area (Å²) in [6.45, 7) is 4.11. The lowest BCUT2D eigenvalue weighted by Crippen LogP contribution is -2.10. The average Bonchev–Trinajstić information content (AvgIpc) is 2.03. The second kappa shape index (κ2) is 4.45. The van der Waals surface area contributed by atoms with Crippen molar-refractivity contribution in [1.82, 2.24) is 0 Å². The fourth-order valence-electron chi connectivity index (χ4n) is 1.85. The molecule has 0 bridgehead atoms. The highest BCUT2D eigenvalue weighted by molar-refractivity contribution is 5.87. The van der Waals surface area contributed by atoms with E-state index in [9.17, 15) is 4.79 Å². The number of carboxylic acids is 1. The van der Waals surface area contributed by atoms with Gasteiger partial charge in [0.1, 0.15) is 0 Å².